The largest absolute Gasteiger partial charge is 0.481 e. The lowest BCUT2D eigenvalue weighted by Crippen LogP contribution is -2.39. The average molecular weight is 230 g/mol. The van der Waals surface area contributed by atoms with Crippen LogP contribution in [0.4, 0.5) is 0 Å². The minimum absolute atomic E-state index is 0.341. The van der Waals surface area contributed by atoms with Gasteiger partial charge in [0.1, 0.15) is 6.29 Å². The van der Waals surface area contributed by atoms with Crippen LogP contribution in [0, 0.1) is 5.41 Å². The zero-order valence-corrected chi connectivity index (χ0v) is 10.4. The minimum Gasteiger partial charge on any atom is -0.481 e. The van der Waals surface area contributed by atoms with Crippen LogP contribution < -0.4 is 0 Å². The van der Waals surface area contributed by atoms with Gasteiger partial charge in [0, 0.05) is 13.0 Å². The number of hydrogen-bond acceptors (Lipinski definition) is 3. The van der Waals surface area contributed by atoms with Crippen LogP contribution in [0.25, 0.3) is 0 Å². The van der Waals surface area contributed by atoms with Gasteiger partial charge in [0.25, 0.3) is 0 Å². The average Bonchev–Trinajstić information content (AvgIpc) is 2.22. The monoisotopic (exact) mass is 230 g/mol. The van der Waals surface area contributed by atoms with Crippen molar-refractivity contribution < 1.29 is 19.4 Å². The summed E-state index contributed by atoms with van der Waals surface area (Å²) in [4.78, 5) is 21.4. The first kappa shape index (κ1) is 15.1. The highest BCUT2D eigenvalue weighted by Gasteiger charge is 2.37. The number of carbonyl (C=O) groups is 2. The van der Waals surface area contributed by atoms with Crippen LogP contribution in [0.5, 0.6) is 0 Å². The molecule has 0 fully saturated rings. The Labute approximate surface area is 97.0 Å². The van der Waals surface area contributed by atoms with Gasteiger partial charge in [-0.25, -0.2) is 0 Å². The SMILES string of the molecule is CCCCOC(CCC=O)C(C)(C)C(=O)O. The van der Waals surface area contributed by atoms with Crippen molar-refractivity contribution >= 4 is 12.3 Å². The second-order valence-corrected chi connectivity index (χ2v) is 4.48. The first-order valence-corrected chi connectivity index (χ1v) is 5.75. The molecule has 4 nitrogen and oxygen atoms in total. The lowest BCUT2D eigenvalue weighted by molar-refractivity contribution is -0.157. The predicted molar refractivity (Wildman–Crippen MR) is 61.4 cm³/mol. The molecule has 0 saturated carbocycles. The summed E-state index contributed by atoms with van der Waals surface area (Å²) < 4.78 is 5.57. The standard InChI is InChI=1S/C12H22O4/c1-4-5-9-16-10(7-6-8-13)12(2,3)11(14)15/h8,10H,4-7,9H2,1-3H3,(H,14,15). The Balaban J connectivity index is 4.39. The van der Waals surface area contributed by atoms with Gasteiger partial charge in [0.2, 0.25) is 0 Å². The van der Waals surface area contributed by atoms with E-state index in [9.17, 15) is 9.59 Å². The number of aldehydes is 1. The molecule has 0 aromatic rings. The molecule has 1 unspecified atom stereocenters. The summed E-state index contributed by atoms with van der Waals surface area (Å²) in [6, 6.07) is 0. The van der Waals surface area contributed by atoms with E-state index >= 15 is 0 Å². The molecule has 0 saturated heterocycles. The first-order valence-electron chi connectivity index (χ1n) is 5.75. The Morgan fingerprint density at radius 3 is 2.56 bits per heavy atom. The van der Waals surface area contributed by atoms with Crippen molar-refractivity contribution in [3.63, 3.8) is 0 Å². The number of ether oxygens (including phenoxy) is 1. The molecule has 1 atom stereocenters. The minimum atomic E-state index is -0.948. The van der Waals surface area contributed by atoms with E-state index in [0.717, 1.165) is 19.1 Å². The summed E-state index contributed by atoms with van der Waals surface area (Å²) in [6.45, 7) is 5.87. The van der Waals surface area contributed by atoms with Gasteiger partial charge in [-0.1, -0.05) is 13.3 Å². The molecular formula is C12H22O4. The molecule has 16 heavy (non-hydrogen) atoms. The Bertz CT molecular complexity index is 223. The van der Waals surface area contributed by atoms with Crippen molar-refractivity contribution in [3.8, 4) is 0 Å². The van der Waals surface area contributed by atoms with Gasteiger partial charge < -0.3 is 14.6 Å². The summed E-state index contributed by atoms with van der Waals surface area (Å²) in [5.74, 6) is -0.889. The van der Waals surface area contributed by atoms with Gasteiger partial charge in [-0.3, -0.25) is 4.79 Å². The highest BCUT2D eigenvalue weighted by Crippen LogP contribution is 2.27. The Morgan fingerprint density at radius 2 is 2.12 bits per heavy atom. The number of rotatable bonds is 9. The van der Waals surface area contributed by atoms with Gasteiger partial charge in [-0.2, -0.15) is 0 Å². The van der Waals surface area contributed by atoms with E-state index < -0.39 is 17.5 Å². The van der Waals surface area contributed by atoms with E-state index in [4.69, 9.17) is 9.84 Å². The summed E-state index contributed by atoms with van der Waals surface area (Å²) in [5.41, 5.74) is -0.948. The van der Waals surface area contributed by atoms with E-state index in [2.05, 4.69) is 0 Å². The molecule has 0 aromatic carbocycles. The van der Waals surface area contributed by atoms with Gasteiger partial charge in [0.05, 0.1) is 11.5 Å². The number of hydrogen-bond donors (Lipinski definition) is 1. The van der Waals surface area contributed by atoms with Crippen LogP contribution >= 0.6 is 0 Å². The Hall–Kier alpha value is -0.900. The molecule has 0 aliphatic carbocycles. The molecule has 0 aliphatic heterocycles. The van der Waals surface area contributed by atoms with E-state index in [0.29, 0.717) is 19.4 Å². The van der Waals surface area contributed by atoms with Crippen molar-refractivity contribution in [1.29, 1.82) is 0 Å². The molecule has 0 amide bonds. The molecule has 0 aromatic heterocycles. The topological polar surface area (TPSA) is 63.6 Å². The fourth-order valence-corrected chi connectivity index (χ4v) is 1.38. The van der Waals surface area contributed by atoms with Crippen LogP contribution in [-0.4, -0.2) is 30.1 Å². The van der Waals surface area contributed by atoms with Crippen molar-refractivity contribution in [2.75, 3.05) is 6.61 Å². The number of carbonyl (C=O) groups excluding carboxylic acids is 1. The summed E-state index contributed by atoms with van der Waals surface area (Å²) in [7, 11) is 0. The third-order valence-corrected chi connectivity index (χ3v) is 2.72. The Kier molecular flexibility index (Phi) is 6.97. The maximum Gasteiger partial charge on any atom is 0.311 e. The van der Waals surface area contributed by atoms with Gasteiger partial charge in [-0.05, 0) is 26.7 Å². The normalized spacial score (nSPS) is 13.4. The number of carboxylic acid groups (broad SMARTS) is 1. The molecule has 0 heterocycles. The molecule has 1 N–H and O–H groups in total. The number of aliphatic carboxylic acids is 1. The van der Waals surface area contributed by atoms with Crippen LogP contribution in [0.2, 0.25) is 0 Å². The second kappa shape index (κ2) is 7.39. The molecule has 94 valence electrons. The predicted octanol–water partition coefficient (Wildman–Crippen LogP) is 2.26. The molecule has 0 spiro atoms. The summed E-state index contributed by atoms with van der Waals surface area (Å²) in [6.07, 6.45) is 3.12. The second-order valence-electron chi connectivity index (χ2n) is 4.48. The zero-order valence-electron chi connectivity index (χ0n) is 10.4. The van der Waals surface area contributed by atoms with Gasteiger partial charge in [0.15, 0.2) is 0 Å². The highest BCUT2D eigenvalue weighted by molar-refractivity contribution is 5.74. The fourth-order valence-electron chi connectivity index (χ4n) is 1.38. The highest BCUT2D eigenvalue weighted by atomic mass is 16.5. The van der Waals surface area contributed by atoms with Crippen molar-refractivity contribution in [3.05, 3.63) is 0 Å². The zero-order chi connectivity index (χ0) is 12.6. The molecule has 0 rings (SSSR count). The third kappa shape index (κ3) is 4.75. The molecule has 0 bridgehead atoms. The van der Waals surface area contributed by atoms with Crippen LogP contribution in [0.15, 0.2) is 0 Å². The van der Waals surface area contributed by atoms with Crippen LogP contribution in [0.3, 0.4) is 0 Å². The van der Waals surface area contributed by atoms with Gasteiger partial charge >= 0.3 is 5.97 Å². The molecule has 4 heteroatoms. The smallest absolute Gasteiger partial charge is 0.311 e. The van der Waals surface area contributed by atoms with Crippen LogP contribution in [-0.2, 0) is 14.3 Å². The molecule has 0 radical (unpaired) electrons. The van der Waals surface area contributed by atoms with Crippen molar-refractivity contribution in [1.82, 2.24) is 0 Å². The lowest BCUT2D eigenvalue weighted by Gasteiger charge is -2.30. The maximum absolute atomic E-state index is 11.1. The van der Waals surface area contributed by atoms with Crippen molar-refractivity contribution in [2.45, 2.75) is 52.6 Å². The van der Waals surface area contributed by atoms with Crippen molar-refractivity contribution in [2.24, 2.45) is 5.41 Å². The Morgan fingerprint density at radius 1 is 1.50 bits per heavy atom. The van der Waals surface area contributed by atoms with E-state index in [1.807, 2.05) is 6.92 Å². The van der Waals surface area contributed by atoms with E-state index in [1.54, 1.807) is 13.8 Å². The summed E-state index contributed by atoms with van der Waals surface area (Å²) in [5, 5.41) is 9.10. The molecule has 0 aliphatic rings. The van der Waals surface area contributed by atoms with E-state index in [1.165, 1.54) is 0 Å². The summed E-state index contributed by atoms with van der Waals surface area (Å²) >= 11 is 0. The van der Waals surface area contributed by atoms with Gasteiger partial charge in [-0.15, -0.1) is 0 Å². The number of unbranched alkanes of at least 4 members (excludes halogenated alkanes) is 1. The fraction of sp³-hybridized carbons (Fsp3) is 0.833. The third-order valence-electron chi connectivity index (χ3n) is 2.72. The molecular weight excluding hydrogens is 208 g/mol. The maximum atomic E-state index is 11.1. The number of carboxylic acids is 1. The lowest BCUT2D eigenvalue weighted by atomic mass is 9.84. The first-order chi connectivity index (χ1) is 7.46. The van der Waals surface area contributed by atoms with E-state index in [-0.39, 0.29) is 0 Å². The quantitative estimate of drug-likeness (QED) is 0.487. The van der Waals surface area contributed by atoms with Crippen LogP contribution in [0.1, 0.15) is 46.5 Å².